The van der Waals surface area contributed by atoms with Crippen LogP contribution < -0.4 is 19.5 Å². The Bertz CT molecular complexity index is 807. The van der Waals surface area contributed by atoms with Gasteiger partial charge in [-0.25, -0.2) is 9.97 Å². The minimum atomic E-state index is -0.122. The van der Waals surface area contributed by atoms with Gasteiger partial charge in [-0.2, -0.15) is 0 Å². The smallest absolute Gasteiger partial charge is 0.254 e. The van der Waals surface area contributed by atoms with E-state index in [2.05, 4.69) is 15.3 Å². The van der Waals surface area contributed by atoms with Crippen molar-refractivity contribution in [1.82, 2.24) is 15.3 Å². The third-order valence-corrected chi connectivity index (χ3v) is 5.31. The van der Waals surface area contributed by atoms with Crippen molar-refractivity contribution in [2.45, 2.75) is 43.0 Å². The van der Waals surface area contributed by atoms with Crippen LogP contribution in [0.15, 0.2) is 35.7 Å². The lowest BCUT2D eigenvalue weighted by molar-refractivity contribution is 0.0892. The molecule has 1 fully saturated rings. The summed E-state index contributed by atoms with van der Waals surface area (Å²) < 4.78 is 16.8. The molecular weight excluding hydrogens is 366 g/mol. The second-order valence-electron chi connectivity index (χ2n) is 6.54. The molecule has 4 rings (SSSR count). The summed E-state index contributed by atoms with van der Waals surface area (Å²) in [5.41, 5.74) is 0.492. The fourth-order valence-electron chi connectivity index (χ4n) is 3.28. The molecule has 1 aromatic heterocycles. The van der Waals surface area contributed by atoms with Crippen LogP contribution in [-0.2, 0) is 0 Å². The number of aromatic nitrogens is 2. The normalized spacial score (nSPS) is 20.9. The molecule has 27 heavy (non-hydrogen) atoms. The van der Waals surface area contributed by atoms with Crippen molar-refractivity contribution in [3.8, 4) is 17.2 Å². The topological polar surface area (TPSA) is 82.6 Å². The van der Waals surface area contributed by atoms with E-state index in [9.17, 15) is 4.79 Å². The fourth-order valence-corrected chi connectivity index (χ4v) is 3.59. The summed E-state index contributed by atoms with van der Waals surface area (Å²) in [7, 11) is 0. The Balaban J connectivity index is 1.26. The highest BCUT2D eigenvalue weighted by Gasteiger charge is 2.25. The number of fused-ring (bicyclic) bond motifs is 1. The minimum absolute atomic E-state index is 0.122. The lowest BCUT2D eigenvalue weighted by atomic mass is 9.92. The molecule has 0 atom stereocenters. The molecule has 0 saturated heterocycles. The van der Waals surface area contributed by atoms with E-state index in [4.69, 9.17) is 14.2 Å². The Kier molecular flexibility index (Phi) is 5.33. The number of benzene rings is 1. The first kappa shape index (κ1) is 17.9. The van der Waals surface area contributed by atoms with Crippen LogP contribution in [0.2, 0.25) is 0 Å². The van der Waals surface area contributed by atoms with E-state index in [-0.39, 0.29) is 24.8 Å². The molecule has 1 aliphatic heterocycles. The molecule has 2 heterocycles. The van der Waals surface area contributed by atoms with Crippen molar-refractivity contribution >= 4 is 17.7 Å². The lowest BCUT2D eigenvalue weighted by Gasteiger charge is -2.29. The summed E-state index contributed by atoms with van der Waals surface area (Å²) in [5.74, 6) is 2.15. The first-order valence-electron chi connectivity index (χ1n) is 8.94. The first-order chi connectivity index (χ1) is 13.2. The Morgan fingerprint density at radius 3 is 2.63 bits per heavy atom. The van der Waals surface area contributed by atoms with Crippen LogP contribution in [0.5, 0.6) is 17.2 Å². The second-order valence-corrected chi connectivity index (χ2v) is 7.31. The number of amides is 1. The van der Waals surface area contributed by atoms with Crippen LogP contribution in [0, 0.1) is 0 Å². The molecule has 0 unspecified atom stereocenters. The summed E-state index contributed by atoms with van der Waals surface area (Å²) >= 11 is 1.45. The maximum absolute atomic E-state index is 12.3. The molecule has 2 aromatic rings. The number of nitrogens with zero attached hydrogens (tertiary/aromatic N) is 2. The number of rotatable bonds is 5. The van der Waals surface area contributed by atoms with Crippen molar-refractivity contribution in [2.75, 3.05) is 13.0 Å². The third kappa shape index (κ3) is 4.27. The highest BCUT2D eigenvalue weighted by Crippen LogP contribution is 2.36. The van der Waals surface area contributed by atoms with Crippen molar-refractivity contribution in [1.29, 1.82) is 0 Å². The number of hydrogen-bond acceptors (Lipinski definition) is 7. The van der Waals surface area contributed by atoms with Crippen LogP contribution in [0.25, 0.3) is 0 Å². The zero-order chi connectivity index (χ0) is 18.6. The second kappa shape index (κ2) is 8.04. The molecule has 1 amide bonds. The van der Waals surface area contributed by atoms with E-state index in [0.29, 0.717) is 10.7 Å². The average molecular weight is 387 g/mol. The van der Waals surface area contributed by atoms with Crippen LogP contribution in [0.3, 0.4) is 0 Å². The van der Waals surface area contributed by atoms with Crippen molar-refractivity contribution in [3.63, 3.8) is 0 Å². The van der Waals surface area contributed by atoms with E-state index in [1.54, 1.807) is 12.4 Å². The molecular formula is C19H21N3O4S. The van der Waals surface area contributed by atoms with Gasteiger partial charge in [0.25, 0.3) is 5.91 Å². The van der Waals surface area contributed by atoms with Crippen molar-refractivity contribution in [3.05, 3.63) is 36.2 Å². The number of hydrogen-bond donors (Lipinski definition) is 1. The Morgan fingerprint density at radius 1 is 1.15 bits per heavy atom. The highest BCUT2D eigenvalue weighted by molar-refractivity contribution is 7.98. The van der Waals surface area contributed by atoms with Crippen LogP contribution >= 0.6 is 11.8 Å². The monoisotopic (exact) mass is 387 g/mol. The zero-order valence-electron chi connectivity index (χ0n) is 15.0. The molecule has 1 saturated carbocycles. The van der Waals surface area contributed by atoms with E-state index in [0.717, 1.165) is 42.9 Å². The Morgan fingerprint density at radius 2 is 1.89 bits per heavy atom. The quantitative estimate of drug-likeness (QED) is 0.624. The summed E-state index contributed by atoms with van der Waals surface area (Å²) in [4.78, 5) is 20.6. The largest absolute Gasteiger partial charge is 0.490 e. The standard InChI is InChI=1S/C19H21N3O4S/c1-27-19-20-9-12(10-21-19)18(23)22-13-2-4-14(5-3-13)26-15-6-7-16-17(8-15)25-11-24-16/h6-10,13-14H,2-5,11H2,1H3,(H,22,23). The highest BCUT2D eigenvalue weighted by atomic mass is 32.2. The van der Waals surface area contributed by atoms with Gasteiger partial charge in [-0.1, -0.05) is 11.8 Å². The molecule has 2 aliphatic rings. The Hall–Kier alpha value is -2.48. The molecule has 142 valence electrons. The van der Waals surface area contributed by atoms with Gasteiger partial charge in [0, 0.05) is 24.5 Å². The molecule has 1 aromatic carbocycles. The number of ether oxygens (including phenoxy) is 3. The maximum atomic E-state index is 12.3. The molecule has 0 bridgehead atoms. The molecule has 7 nitrogen and oxygen atoms in total. The maximum Gasteiger partial charge on any atom is 0.254 e. The summed E-state index contributed by atoms with van der Waals surface area (Å²) in [6, 6.07) is 5.79. The van der Waals surface area contributed by atoms with Gasteiger partial charge in [-0.05, 0) is 44.1 Å². The molecule has 1 aliphatic carbocycles. The van der Waals surface area contributed by atoms with Gasteiger partial charge in [0.2, 0.25) is 6.79 Å². The van der Waals surface area contributed by atoms with Crippen LogP contribution in [0.1, 0.15) is 36.0 Å². The molecule has 0 radical (unpaired) electrons. The van der Waals surface area contributed by atoms with E-state index in [1.807, 2.05) is 24.5 Å². The summed E-state index contributed by atoms with van der Waals surface area (Å²) in [6.45, 7) is 0.259. The van der Waals surface area contributed by atoms with E-state index < -0.39 is 0 Å². The number of carbonyl (C=O) groups excluding carboxylic acids is 1. The van der Waals surface area contributed by atoms with Crippen molar-refractivity contribution < 1.29 is 19.0 Å². The number of carbonyl (C=O) groups is 1. The van der Waals surface area contributed by atoms with E-state index >= 15 is 0 Å². The lowest BCUT2D eigenvalue weighted by Crippen LogP contribution is -2.39. The number of thioether (sulfide) groups is 1. The first-order valence-corrected chi connectivity index (χ1v) is 10.2. The minimum Gasteiger partial charge on any atom is -0.490 e. The third-order valence-electron chi connectivity index (χ3n) is 4.73. The van der Waals surface area contributed by atoms with Gasteiger partial charge >= 0.3 is 0 Å². The van der Waals surface area contributed by atoms with Gasteiger partial charge in [-0.3, -0.25) is 4.79 Å². The van der Waals surface area contributed by atoms with Gasteiger partial charge in [0.05, 0.1) is 11.7 Å². The number of nitrogens with one attached hydrogen (secondary N) is 1. The molecule has 1 N–H and O–H groups in total. The molecule has 0 spiro atoms. The molecule has 8 heteroatoms. The van der Waals surface area contributed by atoms with Crippen molar-refractivity contribution in [2.24, 2.45) is 0 Å². The summed E-state index contributed by atoms with van der Waals surface area (Å²) in [5, 5.41) is 3.73. The van der Waals surface area contributed by atoms with Gasteiger partial charge < -0.3 is 19.5 Å². The van der Waals surface area contributed by atoms with Crippen LogP contribution in [-0.4, -0.2) is 41.1 Å². The zero-order valence-corrected chi connectivity index (χ0v) is 15.8. The average Bonchev–Trinajstić information content (AvgIpc) is 3.17. The predicted molar refractivity (Wildman–Crippen MR) is 101 cm³/mol. The Labute approximate surface area is 161 Å². The predicted octanol–water partition coefficient (Wildman–Crippen LogP) is 3.05. The van der Waals surface area contributed by atoms with Gasteiger partial charge in [-0.15, -0.1) is 0 Å². The summed E-state index contributed by atoms with van der Waals surface area (Å²) in [6.07, 6.45) is 8.73. The van der Waals surface area contributed by atoms with Crippen LogP contribution in [0.4, 0.5) is 0 Å². The van der Waals surface area contributed by atoms with E-state index in [1.165, 1.54) is 11.8 Å². The van der Waals surface area contributed by atoms with Gasteiger partial charge in [0.1, 0.15) is 5.75 Å². The van der Waals surface area contributed by atoms with Gasteiger partial charge in [0.15, 0.2) is 16.7 Å². The SMILES string of the molecule is CSc1ncc(C(=O)NC2CCC(Oc3ccc4c(c3)OCO4)CC2)cn1. The fraction of sp³-hybridized carbons (Fsp3) is 0.421.